The summed E-state index contributed by atoms with van der Waals surface area (Å²) < 4.78 is 0.867. The van der Waals surface area contributed by atoms with Gasteiger partial charge >= 0.3 is 0 Å². The predicted molar refractivity (Wildman–Crippen MR) is 81.6 cm³/mol. The van der Waals surface area contributed by atoms with Gasteiger partial charge in [0.25, 0.3) is 0 Å². The summed E-state index contributed by atoms with van der Waals surface area (Å²) in [6.45, 7) is 2.14. The number of thioether (sulfide) groups is 1. The molecule has 2 aromatic rings. The van der Waals surface area contributed by atoms with Crippen molar-refractivity contribution in [3.05, 3.63) is 39.2 Å². The summed E-state index contributed by atoms with van der Waals surface area (Å²) in [6, 6.07) is 8.21. The lowest BCUT2D eigenvalue weighted by atomic mass is 10.2. The van der Waals surface area contributed by atoms with Gasteiger partial charge in [-0.2, -0.15) is 0 Å². The highest BCUT2D eigenvalue weighted by atomic mass is 127. The Labute approximate surface area is 123 Å². The molecule has 0 bridgehead atoms. The average Bonchev–Trinajstić information content (AvgIpc) is 2.34. The van der Waals surface area contributed by atoms with Crippen molar-refractivity contribution in [2.24, 2.45) is 0 Å². The Morgan fingerprint density at radius 3 is 2.59 bits per heavy atom. The van der Waals surface area contributed by atoms with E-state index in [-0.39, 0.29) is 0 Å². The summed E-state index contributed by atoms with van der Waals surface area (Å²) in [5.41, 5.74) is 0.990. The van der Waals surface area contributed by atoms with Gasteiger partial charge in [-0.05, 0) is 40.5 Å². The molecule has 0 atom stereocenters. The minimum atomic E-state index is 0.502. The first-order valence-corrected chi connectivity index (χ1v) is 7.56. The van der Waals surface area contributed by atoms with E-state index in [1.54, 1.807) is 6.20 Å². The largest absolute Gasteiger partial charge is 0.235 e. The van der Waals surface area contributed by atoms with Gasteiger partial charge in [-0.15, -0.1) is 11.8 Å². The highest BCUT2D eigenvalue weighted by Crippen LogP contribution is 2.23. The van der Waals surface area contributed by atoms with Crippen molar-refractivity contribution in [3.8, 4) is 11.4 Å². The zero-order valence-electron chi connectivity index (χ0n) is 9.15. The molecule has 0 saturated heterocycles. The maximum absolute atomic E-state index is 5.98. The molecular formula is C12H10ClIN2S. The van der Waals surface area contributed by atoms with E-state index >= 15 is 0 Å². The summed E-state index contributed by atoms with van der Waals surface area (Å²) in [4.78, 5) is 9.79. The third kappa shape index (κ3) is 3.33. The predicted octanol–water partition coefficient (Wildman–Crippen LogP) is 4.51. The summed E-state index contributed by atoms with van der Waals surface area (Å²) in [6.07, 6.45) is 1.74. The van der Waals surface area contributed by atoms with Crippen LogP contribution in [0.5, 0.6) is 0 Å². The van der Waals surface area contributed by atoms with E-state index in [1.807, 2.05) is 23.9 Å². The Kier molecular flexibility index (Phi) is 4.64. The Morgan fingerprint density at radius 2 is 2.00 bits per heavy atom. The van der Waals surface area contributed by atoms with E-state index < -0.39 is 0 Å². The van der Waals surface area contributed by atoms with E-state index in [0.717, 1.165) is 14.9 Å². The van der Waals surface area contributed by atoms with Gasteiger partial charge in [0, 0.05) is 16.7 Å². The smallest absolute Gasteiger partial charge is 0.160 e. The lowest BCUT2D eigenvalue weighted by molar-refractivity contribution is 1.16. The average molecular weight is 377 g/mol. The SMILES string of the molecule is CCSc1ccc(-c2ncc(I)c(Cl)n2)cc1. The molecule has 0 aliphatic rings. The van der Waals surface area contributed by atoms with Crippen molar-refractivity contribution in [1.29, 1.82) is 0 Å². The van der Waals surface area contributed by atoms with Gasteiger partial charge in [0.2, 0.25) is 0 Å². The molecular weight excluding hydrogens is 367 g/mol. The summed E-state index contributed by atoms with van der Waals surface area (Å²) >= 11 is 9.92. The molecule has 2 nitrogen and oxygen atoms in total. The molecule has 5 heteroatoms. The molecule has 1 heterocycles. The molecule has 0 fully saturated rings. The van der Waals surface area contributed by atoms with Crippen molar-refractivity contribution in [3.63, 3.8) is 0 Å². The van der Waals surface area contributed by atoms with Crippen LogP contribution < -0.4 is 0 Å². The fraction of sp³-hybridized carbons (Fsp3) is 0.167. The zero-order chi connectivity index (χ0) is 12.3. The van der Waals surface area contributed by atoms with Crippen molar-refractivity contribution >= 4 is 46.0 Å². The first-order valence-electron chi connectivity index (χ1n) is 5.12. The van der Waals surface area contributed by atoms with Crippen LogP contribution in [0.3, 0.4) is 0 Å². The molecule has 0 saturated carbocycles. The second kappa shape index (κ2) is 6.02. The number of benzene rings is 1. The van der Waals surface area contributed by atoms with Gasteiger partial charge in [0.15, 0.2) is 5.82 Å². The minimum Gasteiger partial charge on any atom is -0.235 e. The van der Waals surface area contributed by atoms with Crippen LogP contribution in [-0.2, 0) is 0 Å². The summed E-state index contributed by atoms with van der Waals surface area (Å²) in [7, 11) is 0. The quantitative estimate of drug-likeness (QED) is 0.448. The van der Waals surface area contributed by atoms with Crippen LogP contribution in [0.25, 0.3) is 11.4 Å². The van der Waals surface area contributed by atoms with E-state index in [1.165, 1.54) is 4.90 Å². The highest BCUT2D eigenvalue weighted by molar-refractivity contribution is 14.1. The second-order valence-electron chi connectivity index (χ2n) is 3.29. The maximum Gasteiger partial charge on any atom is 0.160 e. The van der Waals surface area contributed by atoms with Crippen LogP contribution >= 0.6 is 46.0 Å². The van der Waals surface area contributed by atoms with E-state index in [4.69, 9.17) is 11.6 Å². The highest BCUT2D eigenvalue weighted by Gasteiger charge is 2.05. The number of rotatable bonds is 3. The first kappa shape index (κ1) is 13.1. The number of hydrogen-bond acceptors (Lipinski definition) is 3. The molecule has 17 heavy (non-hydrogen) atoms. The van der Waals surface area contributed by atoms with Crippen LogP contribution in [0.2, 0.25) is 5.15 Å². The molecule has 1 aromatic carbocycles. The molecule has 0 N–H and O–H groups in total. The number of halogens is 2. The Bertz CT molecular complexity index is 516. The van der Waals surface area contributed by atoms with Crippen LogP contribution in [0, 0.1) is 3.57 Å². The van der Waals surface area contributed by atoms with Gasteiger partial charge in [-0.1, -0.05) is 30.7 Å². The molecule has 0 spiro atoms. The molecule has 2 rings (SSSR count). The van der Waals surface area contributed by atoms with Crippen molar-refractivity contribution in [2.75, 3.05) is 5.75 Å². The van der Waals surface area contributed by atoms with E-state index in [0.29, 0.717) is 11.0 Å². The van der Waals surface area contributed by atoms with Gasteiger partial charge in [0.05, 0.1) is 3.57 Å². The minimum absolute atomic E-state index is 0.502. The first-order chi connectivity index (χ1) is 8.20. The molecule has 0 aliphatic carbocycles. The standard InChI is InChI=1S/C12H10ClIN2S/c1-2-17-9-5-3-8(4-6-9)12-15-7-10(14)11(13)16-12/h3-7H,2H2,1H3. The third-order valence-corrected chi connectivity index (χ3v) is 4.42. The lowest BCUT2D eigenvalue weighted by Gasteiger charge is -2.03. The van der Waals surface area contributed by atoms with Crippen molar-refractivity contribution < 1.29 is 0 Å². The van der Waals surface area contributed by atoms with Crippen LogP contribution in [0.15, 0.2) is 35.4 Å². The third-order valence-electron chi connectivity index (χ3n) is 2.12. The maximum atomic E-state index is 5.98. The zero-order valence-corrected chi connectivity index (χ0v) is 12.9. The molecule has 1 aromatic heterocycles. The van der Waals surface area contributed by atoms with Gasteiger partial charge < -0.3 is 0 Å². The summed E-state index contributed by atoms with van der Waals surface area (Å²) in [5.74, 6) is 1.74. The number of aromatic nitrogens is 2. The Morgan fingerprint density at radius 1 is 1.29 bits per heavy atom. The molecule has 0 unspecified atom stereocenters. The Hall–Kier alpha value is -0.330. The topological polar surface area (TPSA) is 25.8 Å². The normalized spacial score (nSPS) is 10.5. The summed E-state index contributed by atoms with van der Waals surface area (Å²) in [5, 5.41) is 0.502. The van der Waals surface area contributed by atoms with Gasteiger partial charge in [-0.3, -0.25) is 0 Å². The fourth-order valence-corrected chi connectivity index (χ4v) is 2.40. The van der Waals surface area contributed by atoms with Gasteiger partial charge in [-0.25, -0.2) is 9.97 Å². The van der Waals surface area contributed by atoms with Crippen molar-refractivity contribution in [2.45, 2.75) is 11.8 Å². The molecule has 0 amide bonds. The molecule has 0 radical (unpaired) electrons. The fourth-order valence-electron chi connectivity index (χ4n) is 1.35. The van der Waals surface area contributed by atoms with Gasteiger partial charge in [0.1, 0.15) is 5.15 Å². The lowest BCUT2D eigenvalue weighted by Crippen LogP contribution is -1.91. The van der Waals surface area contributed by atoms with E-state index in [2.05, 4.69) is 51.6 Å². The molecule has 0 aliphatic heterocycles. The van der Waals surface area contributed by atoms with Crippen LogP contribution in [-0.4, -0.2) is 15.7 Å². The van der Waals surface area contributed by atoms with Crippen LogP contribution in [0.1, 0.15) is 6.92 Å². The van der Waals surface area contributed by atoms with E-state index in [9.17, 15) is 0 Å². The second-order valence-corrected chi connectivity index (χ2v) is 6.15. The molecule has 88 valence electrons. The van der Waals surface area contributed by atoms with Crippen LogP contribution in [0.4, 0.5) is 0 Å². The number of nitrogens with zero attached hydrogens (tertiary/aromatic N) is 2. The Balaban J connectivity index is 2.30. The number of hydrogen-bond donors (Lipinski definition) is 0. The monoisotopic (exact) mass is 376 g/mol. The van der Waals surface area contributed by atoms with Crippen molar-refractivity contribution in [1.82, 2.24) is 9.97 Å².